The average molecular weight is 417 g/mol. The number of nitrogens with one attached hydrogen (secondary N) is 1. The van der Waals surface area contributed by atoms with E-state index in [0.717, 1.165) is 21.9 Å². The number of anilines is 2. The molecule has 8 heteroatoms. The maximum Gasteiger partial charge on any atom is 0.141 e. The van der Waals surface area contributed by atoms with Crippen LogP contribution in [0.3, 0.4) is 0 Å². The van der Waals surface area contributed by atoms with Crippen molar-refractivity contribution in [2.45, 2.75) is 13.3 Å². The van der Waals surface area contributed by atoms with Gasteiger partial charge in [0.2, 0.25) is 0 Å². The standard InChI is InChI=1S/C21H25ClN4O3/c1-5-13-16(28-3)10-17(29-4)20(22)19(13)15-8-12-11-25-18(23)9-14(12)21(26-15)24-6-7-27-2/h8-11H,5-7H2,1-4H3,(H2,23,25)(H,24,26). The number of halogens is 1. The Hall–Kier alpha value is -2.77. The topological polar surface area (TPSA) is 91.5 Å². The molecule has 3 aromatic rings. The smallest absolute Gasteiger partial charge is 0.141 e. The van der Waals surface area contributed by atoms with Crippen LogP contribution in [0.15, 0.2) is 24.4 Å². The van der Waals surface area contributed by atoms with Gasteiger partial charge in [-0.2, -0.15) is 0 Å². The summed E-state index contributed by atoms with van der Waals surface area (Å²) in [5.74, 6) is 2.35. The average Bonchev–Trinajstić information content (AvgIpc) is 2.73. The van der Waals surface area contributed by atoms with E-state index in [9.17, 15) is 0 Å². The van der Waals surface area contributed by atoms with Crippen molar-refractivity contribution in [1.29, 1.82) is 0 Å². The van der Waals surface area contributed by atoms with Crippen molar-refractivity contribution < 1.29 is 14.2 Å². The number of nitrogens with two attached hydrogens (primary N) is 1. The summed E-state index contributed by atoms with van der Waals surface area (Å²) in [5.41, 5.74) is 8.33. The summed E-state index contributed by atoms with van der Waals surface area (Å²) in [6.07, 6.45) is 2.45. The molecule has 0 fully saturated rings. The quantitative estimate of drug-likeness (QED) is 0.532. The van der Waals surface area contributed by atoms with Crippen LogP contribution >= 0.6 is 11.6 Å². The number of rotatable bonds is 8. The van der Waals surface area contributed by atoms with Crippen molar-refractivity contribution in [3.8, 4) is 22.8 Å². The lowest BCUT2D eigenvalue weighted by atomic mass is 9.98. The van der Waals surface area contributed by atoms with Crippen LogP contribution in [0.1, 0.15) is 12.5 Å². The summed E-state index contributed by atoms with van der Waals surface area (Å²) in [7, 11) is 4.86. The van der Waals surface area contributed by atoms with Gasteiger partial charge in [0.25, 0.3) is 0 Å². The fourth-order valence-electron chi connectivity index (χ4n) is 3.29. The number of hydrogen-bond acceptors (Lipinski definition) is 7. The first-order valence-electron chi connectivity index (χ1n) is 9.26. The van der Waals surface area contributed by atoms with E-state index in [1.54, 1.807) is 39.7 Å². The zero-order valence-electron chi connectivity index (χ0n) is 17.0. The van der Waals surface area contributed by atoms with Crippen LogP contribution in [0.5, 0.6) is 11.5 Å². The molecule has 0 amide bonds. The van der Waals surface area contributed by atoms with E-state index in [-0.39, 0.29) is 0 Å². The number of methoxy groups -OCH3 is 3. The number of hydrogen-bond donors (Lipinski definition) is 2. The third-order valence-corrected chi connectivity index (χ3v) is 5.06. The van der Waals surface area contributed by atoms with Gasteiger partial charge in [-0.05, 0) is 18.6 Å². The van der Waals surface area contributed by atoms with E-state index >= 15 is 0 Å². The summed E-state index contributed by atoms with van der Waals surface area (Å²) < 4.78 is 16.2. The number of pyridine rings is 2. The zero-order chi connectivity index (χ0) is 21.0. The van der Waals surface area contributed by atoms with E-state index < -0.39 is 0 Å². The molecule has 3 N–H and O–H groups in total. The van der Waals surface area contributed by atoms with Gasteiger partial charge in [-0.25, -0.2) is 9.97 Å². The monoisotopic (exact) mass is 416 g/mol. The molecule has 0 saturated carbocycles. The normalized spacial score (nSPS) is 10.9. The van der Waals surface area contributed by atoms with Crippen molar-refractivity contribution in [3.05, 3.63) is 35.0 Å². The first kappa shape index (κ1) is 21.0. The zero-order valence-corrected chi connectivity index (χ0v) is 17.8. The van der Waals surface area contributed by atoms with Crippen molar-refractivity contribution in [1.82, 2.24) is 9.97 Å². The third-order valence-electron chi connectivity index (χ3n) is 4.68. The molecule has 0 radical (unpaired) electrons. The largest absolute Gasteiger partial charge is 0.496 e. The second-order valence-electron chi connectivity index (χ2n) is 6.41. The van der Waals surface area contributed by atoms with Gasteiger partial charge < -0.3 is 25.3 Å². The molecule has 0 aliphatic carbocycles. The minimum Gasteiger partial charge on any atom is -0.496 e. The highest BCUT2D eigenvalue weighted by Gasteiger charge is 2.21. The van der Waals surface area contributed by atoms with E-state index in [0.29, 0.717) is 53.4 Å². The van der Waals surface area contributed by atoms with E-state index in [1.807, 2.05) is 13.0 Å². The highest BCUT2D eigenvalue weighted by atomic mass is 35.5. The molecule has 0 aliphatic rings. The third kappa shape index (κ3) is 4.16. The Morgan fingerprint density at radius 1 is 1.10 bits per heavy atom. The molecule has 0 aliphatic heterocycles. The molecule has 1 aromatic carbocycles. The molecular formula is C21H25ClN4O3. The van der Waals surface area contributed by atoms with Crippen LogP contribution in [-0.2, 0) is 11.2 Å². The second-order valence-corrected chi connectivity index (χ2v) is 6.79. The predicted molar refractivity (Wildman–Crippen MR) is 117 cm³/mol. The van der Waals surface area contributed by atoms with Crippen LogP contribution in [0.2, 0.25) is 5.02 Å². The summed E-state index contributed by atoms with van der Waals surface area (Å²) in [5, 5.41) is 5.57. The fourth-order valence-corrected chi connectivity index (χ4v) is 3.64. The molecule has 0 atom stereocenters. The summed E-state index contributed by atoms with van der Waals surface area (Å²) in [6.45, 7) is 3.19. The van der Waals surface area contributed by atoms with E-state index in [2.05, 4.69) is 10.3 Å². The Morgan fingerprint density at radius 3 is 2.52 bits per heavy atom. The highest BCUT2D eigenvalue weighted by molar-refractivity contribution is 6.35. The lowest BCUT2D eigenvalue weighted by Crippen LogP contribution is -2.10. The van der Waals surface area contributed by atoms with Crippen molar-refractivity contribution in [2.75, 3.05) is 45.5 Å². The van der Waals surface area contributed by atoms with Gasteiger partial charge in [-0.1, -0.05) is 18.5 Å². The number of ether oxygens (including phenoxy) is 3. The second kappa shape index (κ2) is 9.15. The van der Waals surface area contributed by atoms with E-state index in [4.69, 9.17) is 36.5 Å². The van der Waals surface area contributed by atoms with Gasteiger partial charge in [0.15, 0.2) is 0 Å². The SMILES string of the molecule is CCc1c(OC)cc(OC)c(Cl)c1-c1cc2cnc(N)cc2c(NCCOC)n1. The first-order valence-corrected chi connectivity index (χ1v) is 9.64. The van der Waals surface area contributed by atoms with E-state index in [1.165, 1.54) is 0 Å². The Bertz CT molecular complexity index is 1030. The van der Waals surface area contributed by atoms with Gasteiger partial charge in [-0.3, -0.25) is 0 Å². The minimum atomic E-state index is 0.428. The Labute approximate surface area is 175 Å². The lowest BCUT2D eigenvalue weighted by molar-refractivity contribution is 0.210. The Morgan fingerprint density at radius 2 is 1.86 bits per heavy atom. The van der Waals surface area contributed by atoms with Crippen LogP contribution in [0.25, 0.3) is 22.0 Å². The van der Waals surface area contributed by atoms with Crippen molar-refractivity contribution in [2.24, 2.45) is 0 Å². The van der Waals surface area contributed by atoms with Crippen LogP contribution in [0, 0.1) is 0 Å². The molecular weight excluding hydrogens is 392 g/mol. The van der Waals surface area contributed by atoms with Crippen molar-refractivity contribution in [3.63, 3.8) is 0 Å². The number of aromatic nitrogens is 2. The number of fused-ring (bicyclic) bond motifs is 1. The lowest BCUT2D eigenvalue weighted by Gasteiger charge is -2.18. The number of nitrogens with zero attached hydrogens (tertiary/aromatic N) is 2. The Kier molecular flexibility index (Phi) is 6.61. The summed E-state index contributed by atoms with van der Waals surface area (Å²) >= 11 is 6.72. The highest BCUT2D eigenvalue weighted by Crippen LogP contribution is 2.44. The molecule has 2 aromatic heterocycles. The maximum absolute atomic E-state index is 6.72. The molecule has 0 saturated heterocycles. The number of benzene rings is 1. The molecule has 0 bridgehead atoms. The number of nitrogen functional groups attached to an aromatic ring is 1. The molecule has 3 rings (SSSR count). The fraction of sp³-hybridized carbons (Fsp3) is 0.333. The summed E-state index contributed by atoms with van der Waals surface area (Å²) in [4.78, 5) is 9.09. The Balaban J connectivity index is 2.28. The molecule has 0 spiro atoms. The van der Waals surface area contributed by atoms with Crippen LogP contribution in [-0.4, -0.2) is 44.4 Å². The molecule has 7 nitrogen and oxygen atoms in total. The maximum atomic E-state index is 6.72. The predicted octanol–water partition coefficient (Wildman–Crippen LogP) is 4.17. The van der Waals surface area contributed by atoms with Gasteiger partial charge in [0.05, 0.1) is 31.5 Å². The van der Waals surface area contributed by atoms with Gasteiger partial charge in [-0.15, -0.1) is 0 Å². The van der Waals surface area contributed by atoms with Gasteiger partial charge in [0, 0.05) is 47.8 Å². The molecule has 2 heterocycles. The molecule has 29 heavy (non-hydrogen) atoms. The van der Waals surface area contributed by atoms with Gasteiger partial charge in [0.1, 0.15) is 23.1 Å². The van der Waals surface area contributed by atoms with Crippen LogP contribution in [0.4, 0.5) is 11.6 Å². The summed E-state index contributed by atoms with van der Waals surface area (Å²) in [6, 6.07) is 5.55. The van der Waals surface area contributed by atoms with Crippen molar-refractivity contribution >= 4 is 34.0 Å². The minimum absolute atomic E-state index is 0.428. The first-order chi connectivity index (χ1) is 14.0. The molecule has 0 unspecified atom stereocenters. The van der Waals surface area contributed by atoms with Crippen LogP contribution < -0.4 is 20.5 Å². The van der Waals surface area contributed by atoms with Gasteiger partial charge >= 0.3 is 0 Å². The molecule has 154 valence electrons.